The summed E-state index contributed by atoms with van der Waals surface area (Å²) < 4.78 is 29.2. The molecule has 38 heavy (non-hydrogen) atoms. The normalized spacial score (nSPS) is 14.7. The van der Waals surface area contributed by atoms with Crippen molar-refractivity contribution in [1.82, 2.24) is 14.9 Å². The van der Waals surface area contributed by atoms with Gasteiger partial charge in [-0.15, -0.1) is 11.3 Å². The number of fused-ring (bicyclic) bond motifs is 3. The van der Waals surface area contributed by atoms with Gasteiger partial charge in [0.15, 0.2) is 0 Å². The first-order valence-corrected chi connectivity index (χ1v) is 15.6. The van der Waals surface area contributed by atoms with Crippen molar-refractivity contribution in [1.29, 1.82) is 0 Å². The lowest BCUT2D eigenvalue weighted by atomic mass is 9.78. The van der Waals surface area contributed by atoms with Crippen molar-refractivity contribution in [3.05, 3.63) is 87.3 Å². The Morgan fingerprint density at radius 2 is 1.84 bits per heavy atom. The zero-order chi connectivity index (χ0) is 26.7. The van der Waals surface area contributed by atoms with E-state index in [0.717, 1.165) is 58.5 Å². The lowest BCUT2D eigenvalue weighted by Gasteiger charge is -2.27. The molecule has 2 heterocycles. The molecule has 2 aromatic carbocycles. The van der Waals surface area contributed by atoms with Crippen molar-refractivity contribution in [2.24, 2.45) is 0 Å². The van der Waals surface area contributed by atoms with Gasteiger partial charge in [-0.25, -0.2) is 18.4 Å². The summed E-state index contributed by atoms with van der Waals surface area (Å²) in [5, 5.41) is 3.38. The Balaban J connectivity index is 1.33. The highest BCUT2D eigenvalue weighted by Crippen LogP contribution is 2.42. The van der Waals surface area contributed by atoms with Gasteiger partial charge in [0.1, 0.15) is 4.21 Å². The summed E-state index contributed by atoms with van der Waals surface area (Å²) in [5.74, 6) is 0.794. The third-order valence-electron chi connectivity index (χ3n) is 6.57. The van der Waals surface area contributed by atoms with Crippen molar-refractivity contribution >= 4 is 48.9 Å². The molecule has 7 nitrogen and oxygen atoms in total. The highest BCUT2D eigenvalue weighted by Gasteiger charge is 2.27. The summed E-state index contributed by atoms with van der Waals surface area (Å²) in [6, 6.07) is 19.4. The largest absolute Gasteiger partial charge is 0.354 e. The Morgan fingerprint density at radius 1 is 1.05 bits per heavy atom. The molecule has 0 bridgehead atoms. The van der Waals surface area contributed by atoms with Crippen LogP contribution in [-0.2, 0) is 16.4 Å². The van der Waals surface area contributed by atoms with Gasteiger partial charge in [0.25, 0.3) is 10.0 Å². The van der Waals surface area contributed by atoms with Crippen LogP contribution in [0.3, 0.4) is 0 Å². The van der Waals surface area contributed by atoms with Crippen molar-refractivity contribution in [3.63, 3.8) is 0 Å². The number of thiophene rings is 1. The monoisotopic (exact) mass is 611 g/mol. The van der Waals surface area contributed by atoms with Crippen LogP contribution in [0, 0.1) is 0 Å². The fourth-order valence-corrected chi connectivity index (χ4v) is 7.77. The number of sulfonamides is 1. The van der Waals surface area contributed by atoms with E-state index < -0.39 is 10.0 Å². The number of hydrogen-bond donors (Lipinski definition) is 2. The molecule has 1 unspecified atom stereocenters. The third kappa shape index (κ3) is 6.09. The summed E-state index contributed by atoms with van der Waals surface area (Å²) >= 11 is 4.51. The maximum Gasteiger partial charge on any atom is 0.271 e. The van der Waals surface area contributed by atoms with Crippen molar-refractivity contribution < 1.29 is 8.42 Å². The minimum absolute atomic E-state index is 0.131. The fraction of sp³-hybridized carbons (Fsp3) is 0.286. The highest BCUT2D eigenvalue weighted by atomic mass is 79.9. The van der Waals surface area contributed by atoms with Gasteiger partial charge in [0.05, 0.1) is 9.48 Å². The number of hydrogen-bond acceptors (Lipinski definition) is 7. The maximum atomic E-state index is 12.7. The molecule has 2 N–H and O–H groups in total. The van der Waals surface area contributed by atoms with Gasteiger partial charge in [-0.3, -0.25) is 4.72 Å². The zero-order valence-corrected chi connectivity index (χ0v) is 24.5. The van der Waals surface area contributed by atoms with Gasteiger partial charge in [-0.05, 0) is 96.8 Å². The molecule has 1 aliphatic rings. The standard InChI is InChI=1S/C28H30BrN5O2S2/c1-34(2)16-6-5-15-30-28-31-18-20-17-24(22-7-3-4-8-23(22)27(20)32-28)19-9-11-21(12-10-19)33-38(35,36)26-14-13-25(29)37-26/h3-4,7-14,18,24,33H,5-6,15-17H2,1-2H3,(H,30,31,32). The molecule has 4 aromatic rings. The fourth-order valence-electron chi connectivity index (χ4n) is 4.70. The molecular weight excluding hydrogens is 582 g/mol. The SMILES string of the molecule is CN(C)CCCCNc1ncc2c(n1)-c1ccccc1C(c1ccc(NS(=O)(=O)c3ccc(Br)s3)cc1)C2. The first kappa shape index (κ1) is 26.8. The molecule has 0 amide bonds. The molecule has 0 fully saturated rings. The van der Waals surface area contributed by atoms with Crippen molar-refractivity contribution in [2.45, 2.75) is 29.4 Å². The summed E-state index contributed by atoms with van der Waals surface area (Å²) in [5.41, 5.74) is 6.08. The van der Waals surface area contributed by atoms with Crippen molar-refractivity contribution in [2.75, 3.05) is 37.2 Å². The van der Waals surface area contributed by atoms with Crippen LogP contribution in [0.4, 0.5) is 11.6 Å². The molecule has 0 saturated heterocycles. The van der Waals surface area contributed by atoms with Gasteiger partial charge < -0.3 is 10.2 Å². The second kappa shape index (κ2) is 11.5. The molecule has 2 aromatic heterocycles. The smallest absolute Gasteiger partial charge is 0.271 e. The van der Waals surface area contributed by atoms with E-state index in [9.17, 15) is 8.42 Å². The van der Waals surface area contributed by atoms with E-state index in [-0.39, 0.29) is 10.1 Å². The Hall–Kier alpha value is -2.79. The van der Waals surface area contributed by atoms with E-state index >= 15 is 0 Å². The van der Waals surface area contributed by atoms with Crippen LogP contribution >= 0.6 is 27.3 Å². The van der Waals surface area contributed by atoms with Crippen molar-refractivity contribution in [3.8, 4) is 11.3 Å². The zero-order valence-electron chi connectivity index (χ0n) is 21.3. The van der Waals surface area contributed by atoms with Crippen LogP contribution in [0.25, 0.3) is 11.3 Å². The number of rotatable bonds is 10. The van der Waals surface area contributed by atoms with E-state index in [1.165, 1.54) is 16.9 Å². The van der Waals surface area contributed by atoms with Crippen LogP contribution in [0.1, 0.15) is 35.4 Å². The predicted molar refractivity (Wildman–Crippen MR) is 159 cm³/mol. The quantitative estimate of drug-likeness (QED) is 0.207. The minimum atomic E-state index is -3.62. The van der Waals surface area contributed by atoms with E-state index in [1.54, 1.807) is 12.1 Å². The van der Waals surface area contributed by atoms with Crippen LogP contribution in [-0.4, -0.2) is 50.5 Å². The van der Waals surface area contributed by atoms with Crippen LogP contribution < -0.4 is 10.0 Å². The molecule has 198 valence electrons. The van der Waals surface area contributed by atoms with Gasteiger partial charge in [-0.2, -0.15) is 0 Å². The van der Waals surface area contributed by atoms with Crippen LogP contribution in [0.2, 0.25) is 0 Å². The third-order valence-corrected chi connectivity index (χ3v) is 10.1. The number of aromatic nitrogens is 2. The Bertz CT molecular complexity index is 1520. The van der Waals surface area contributed by atoms with Gasteiger partial charge in [-0.1, -0.05) is 36.4 Å². The van der Waals surface area contributed by atoms with E-state index in [0.29, 0.717) is 11.6 Å². The molecule has 1 atom stereocenters. The number of unbranched alkanes of at least 4 members (excludes halogenated alkanes) is 1. The number of halogens is 1. The molecular formula is C28H30BrN5O2S2. The van der Waals surface area contributed by atoms with Gasteiger partial charge in [0, 0.05) is 29.9 Å². The summed E-state index contributed by atoms with van der Waals surface area (Å²) in [4.78, 5) is 11.7. The molecule has 0 spiro atoms. The first-order valence-electron chi connectivity index (χ1n) is 12.5. The second-order valence-electron chi connectivity index (χ2n) is 9.63. The number of anilines is 2. The first-order chi connectivity index (χ1) is 18.3. The lowest BCUT2D eigenvalue weighted by molar-refractivity contribution is 0.396. The average Bonchev–Trinajstić information content (AvgIpc) is 3.35. The van der Waals surface area contributed by atoms with E-state index in [1.807, 2.05) is 36.5 Å². The highest BCUT2D eigenvalue weighted by molar-refractivity contribution is 9.11. The molecule has 0 radical (unpaired) electrons. The topological polar surface area (TPSA) is 87.2 Å². The molecule has 0 aliphatic heterocycles. The summed E-state index contributed by atoms with van der Waals surface area (Å²) in [6.07, 6.45) is 4.91. The Kier molecular flexibility index (Phi) is 8.13. The van der Waals surface area contributed by atoms with Crippen LogP contribution in [0.15, 0.2) is 74.9 Å². The van der Waals surface area contributed by atoms with Gasteiger partial charge in [0.2, 0.25) is 5.95 Å². The Morgan fingerprint density at radius 3 is 2.58 bits per heavy atom. The number of nitrogens with one attached hydrogen (secondary N) is 2. The number of benzene rings is 2. The minimum Gasteiger partial charge on any atom is -0.354 e. The molecule has 1 aliphatic carbocycles. The average molecular weight is 613 g/mol. The van der Waals surface area contributed by atoms with E-state index in [2.05, 4.69) is 68.1 Å². The Labute approximate surface area is 236 Å². The maximum absolute atomic E-state index is 12.7. The summed E-state index contributed by atoms with van der Waals surface area (Å²) in [6.45, 7) is 1.91. The number of nitrogens with zero attached hydrogens (tertiary/aromatic N) is 3. The molecule has 0 saturated carbocycles. The molecule has 5 rings (SSSR count). The molecule has 10 heteroatoms. The summed E-state index contributed by atoms with van der Waals surface area (Å²) in [7, 11) is 0.556. The van der Waals surface area contributed by atoms with Crippen LogP contribution in [0.5, 0.6) is 0 Å². The second-order valence-corrected chi connectivity index (χ2v) is 14.0. The predicted octanol–water partition coefficient (Wildman–Crippen LogP) is 6.21. The van der Waals surface area contributed by atoms with Gasteiger partial charge >= 0.3 is 0 Å². The lowest BCUT2D eigenvalue weighted by Crippen LogP contribution is -2.17. The van der Waals surface area contributed by atoms with E-state index in [4.69, 9.17) is 4.98 Å².